The van der Waals surface area contributed by atoms with E-state index < -0.39 is 5.91 Å². The Bertz CT molecular complexity index is 566. The molecule has 0 radical (unpaired) electrons. The Morgan fingerprint density at radius 2 is 1.84 bits per heavy atom. The van der Waals surface area contributed by atoms with Crippen LogP contribution in [0.4, 0.5) is 0 Å². The van der Waals surface area contributed by atoms with Crippen LogP contribution in [0.15, 0.2) is 60.9 Å². The van der Waals surface area contributed by atoms with Crippen LogP contribution in [0.5, 0.6) is 0 Å². The van der Waals surface area contributed by atoms with E-state index in [4.69, 9.17) is 5.73 Å². The first-order valence-corrected chi connectivity index (χ1v) is 5.98. The molecule has 2 aromatic rings. The minimum atomic E-state index is -0.508. The van der Waals surface area contributed by atoms with Crippen molar-refractivity contribution >= 4 is 5.91 Å². The Morgan fingerprint density at radius 1 is 1.16 bits per heavy atom. The van der Waals surface area contributed by atoms with Crippen LogP contribution in [-0.4, -0.2) is 15.9 Å². The molecule has 2 heterocycles. The third-order valence-electron chi connectivity index (χ3n) is 2.92. The predicted molar refractivity (Wildman–Crippen MR) is 73.3 cm³/mol. The number of rotatable bonds is 5. The van der Waals surface area contributed by atoms with Gasteiger partial charge in [0.15, 0.2) is 0 Å². The third-order valence-corrected chi connectivity index (χ3v) is 2.92. The van der Waals surface area contributed by atoms with Crippen molar-refractivity contribution in [3.05, 3.63) is 72.3 Å². The Kier molecular flexibility index (Phi) is 4.03. The molecule has 0 bridgehead atoms. The first-order valence-electron chi connectivity index (χ1n) is 5.98. The van der Waals surface area contributed by atoms with Gasteiger partial charge in [-0.05, 0) is 24.3 Å². The smallest absolute Gasteiger partial charge is 0.244 e. The summed E-state index contributed by atoms with van der Waals surface area (Å²) in [6.07, 6.45) is 3.96. The van der Waals surface area contributed by atoms with Gasteiger partial charge in [0.05, 0.1) is 0 Å². The largest absolute Gasteiger partial charge is 0.366 e. The first kappa shape index (κ1) is 13.0. The van der Waals surface area contributed by atoms with Crippen LogP contribution < -0.4 is 5.73 Å². The average Bonchev–Trinajstić information content (AvgIpc) is 2.46. The van der Waals surface area contributed by atoms with Crippen LogP contribution in [0, 0.1) is 0 Å². The minimum Gasteiger partial charge on any atom is -0.366 e. The fourth-order valence-corrected chi connectivity index (χ4v) is 1.89. The van der Waals surface area contributed by atoms with Crippen molar-refractivity contribution in [2.45, 2.75) is 12.3 Å². The van der Waals surface area contributed by atoms with E-state index >= 15 is 0 Å². The van der Waals surface area contributed by atoms with E-state index in [1.165, 1.54) is 0 Å². The van der Waals surface area contributed by atoms with Crippen LogP contribution in [0.3, 0.4) is 0 Å². The van der Waals surface area contributed by atoms with Crippen LogP contribution in [0.2, 0.25) is 0 Å². The maximum Gasteiger partial charge on any atom is 0.244 e. The van der Waals surface area contributed by atoms with Crippen molar-refractivity contribution < 1.29 is 4.79 Å². The van der Waals surface area contributed by atoms with E-state index in [9.17, 15) is 4.79 Å². The molecule has 2 aromatic heterocycles. The summed E-state index contributed by atoms with van der Waals surface area (Å²) in [5, 5.41) is 0. The molecule has 1 atom stereocenters. The monoisotopic (exact) mass is 253 g/mol. The number of nitrogens with two attached hydrogens (primary N) is 1. The molecular weight excluding hydrogens is 238 g/mol. The van der Waals surface area contributed by atoms with Gasteiger partial charge in [-0.15, -0.1) is 0 Å². The van der Waals surface area contributed by atoms with Gasteiger partial charge in [-0.25, -0.2) is 0 Å². The molecule has 96 valence electrons. The molecule has 1 unspecified atom stereocenters. The summed E-state index contributed by atoms with van der Waals surface area (Å²) in [5.74, 6) is -0.750. The van der Waals surface area contributed by atoms with Gasteiger partial charge in [-0.1, -0.05) is 18.7 Å². The number of carbonyl (C=O) groups is 1. The summed E-state index contributed by atoms with van der Waals surface area (Å²) >= 11 is 0. The molecule has 19 heavy (non-hydrogen) atoms. The Balaban J connectivity index is 2.30. The molecule has 0 saturated heterocycles. The second kappa shape index (κ2) is 5.91. The Hall–Kier alpha value is -2.49. The molecule has 4 heteroatoms. The summed E-state index contributed by atoms with van der Waals surface area (Å²) in [6, 6.07) is 11.2. The number of hydrogen-bond donors (Lipinski definition) is 1. The molecule has 2 rings (SSSR count). The van der Waals surface area contributed by atoms with Crippen LogP contribution in [0.1, 0.15) is 17.3 Å². The van der Waals surface area contributed by atoms with Gasteiger partial charge in [0.25, 0.3) is 0 Å². The zero-order valence-electron chi connectivity index (χ0n) is 10.5. The zero-order chi connectivity index (χ0) is 13.7. The number of nitrogens with zero attached hydrogens (tertiary/aromatic N) is 2. The normalized spacial score (nSPS) is 11.8. The second-order valence-electron chi connectivity index (χ2n) is 4.22. The summed E-state index contributed by atoms with van der Waals surface area (Å²) in [7, 11) is 0. The lowest BCUT2D eigenvalue weighted by atomic mass is 9.90. The molecule has 0 spiro atoms. The van der Waals surface area contributed by atoms with Gasteiger partial charge >= 0.3 is 0 Å². The SMILES string of the molecule is C=C(C(N)=O)C(Cc1ccccn1)c1ccccn1. The van der Waals surface area contributed by atoms with Crippen LogP contribution in [0.25, 0.3) is 0 Å². The number of aromatic nitrogens is 2. The van der Waals surface area contributed by atoms with Crippen molar-refractivity contribution in [1.82, 2.24) is 9.97 Å². The van der Waals surface area contributed by atoms with Gasteiger partial charge in [0.1, 0.15) is 0 Å². The zero-order valence-corrected chi connectivity index (χ0v) is 10.5. The molecule has 4 nitrogen and oxygen atoms in total. The Morgan fingerprint density at radius 3 is 2.37 bits per heavy atom. The van der Waals surface area contributed by atoms with Crippen LogP contribution >= 0.6 is 0 Å². The lowest BCUT2D eigenvalue weighted by molar-refractivity contribution is -0.114. The maximum atomic E-state index is 11.4. The quantitative estimate of drug-likeness (QED) is 0.827. The molecule has 0 fully saturated rings. The van der Waals surface area contributed by atoms with E-state index in [0.29, 0.717) is 12.0 Å². The lowest BCUT2D eigenvalue weighted by Crippen LogP contribution is -2.21. The van der Waals surface area contributed by atoms with Crippen molar-refractivity contribution in [3.63, 3.8) is 0 Å². The van der Waals surface area contributed by atoms with E-state index in [2.05, 4.69) is 16.5 Å². The van der Waals surface area contributed by atoms with Gasteiger partial charge in [-0.3, -0.25) is 14.8 Å². The molecule has 0 aromatic carbocycles. The van der Waals surface area contributed by atoms with Gasteiger partial charge in [0, 0.05) is 41.7 Å². The number of pyridine rings is 2. The molecule has 1 amide bonds. The predicted octanol–water partition coefficient (Wildman–Crippen LogP) is 1.84. The maximum absolute atomic E-state index is 11.4. The molecule has 0 aliphatic heterocycles. The lowest BCUT2D eigenvalue weighted by Gasteiger charge is -2.16. The van der Waals surface area contributed by atoms with Crippen molar-refractivity contribution in [1.29, 1.82) is 0 Å². The number of amides is 1. The van der Waals surface area contributed by atoms with Gasteiger partial charge < -0.3 is 5.73 Å². The summed E-state index contributed by atoms with van der Waals surface area (Å²) in [6.45, 7) is 3.78. The highest BCUT2D eigenvalue weighted by atomic mass is 16.1. The van der Waals surface area contributed by atoms with Crippen molar-refractivity contribution in [2.24, 2.45) is 5.73 Å². The second-order valence-corrected chi connectivity index (χ2v) is 4.22. The molecule has 0 aliphatic carbocycles. The van der Waals surface area contributed by atoms with Crippen molar-refractivity contribution in [2.75, 3.05) is 0 Å². The van der Waals surface area contributed by atoms with Crippen molar-refractivity contribution in [3.8, 4) is 0 Å². The first-order chi connectivity index (χ1) is 9.18. The summed E-state index contributed by atoms with van der Waals surface area (Å²) in [5.41, 5.74) is 7.34. The summed E-state index contributed by atoms with van der Waals surface area (Å²) in [4.78, 5) is 19.9. The van der Waals surface area contributed by atoms with Gasteiger partial charge in [0.2, 0.25) is 5.91 Å². The molecule has 0 saturated carbocycles. The molecule has 0 aliphatic rings. The average molecular weight is 253 g/mol. The fourth-order valence-electron chi connectivity index (χ4n) is 1.89. The third kappa shape index (κ3) is 3.25. The van der Waals surface area contributed by atoms with Crippen LogP contribution in [-0.2, 0) is 11.2 Å². The Labute approximate surface area is 112 Å². The van der Waals surface area contributed by atoms with E-state index in [-0.39, 0.29) is 5.92 Å². The number of carbonyl (C=O) groups excluding carboxylic acids is 1. The standard InChI is InChI=1S/C15H15N3O/c1-11(15(16)19)13(14-7-3-5-9-18-14)10-12-6-2-4-8-17-12/h2-9,13H,1,10H2,(H2,16,19). The van der Waals surface area contributed by atoms with E-state index in [0.717, 1.165) is 11.4 Å². The van der Waals surface area contributed by atoms with E-state index in [1.54, 1.807) is 12.4 Å². The highest BCUT2D eigenvalue weighted by Crippen LogP contribution is 2.25. The fraction of sp³-hybridized carbons (Fsp3) is 0.133. The number of primary amides is 1. The highest BCUT2D eigenvalue weighted by Gasteiger charge is 2.21. The topological polar surface area (TPSA) is 68.9 Å². The molecular formula is C15H15N3O. The minimum absolute atomic E-state index is 0.242. The van der Waals surface area contributed by atoms with Gasteiger partial charge in [-0.2, -0.15) is 0 Å². The van der Waals surface area contributed by atoms with E-state index in [1.807, 2.05) is 36.4 Å². The summed E-state index contributed by atoms with van der Waals surface area (Å²) < 4.78 is 0. The molecule has 2 N–H and O–H groups in total. The highest BCUT2D eigenvalue weighted by molar-refractivity contribution is 5.92. The number of hydrogen-bond acceptors (Lipinski definition) is 3.